The van der Waals surface area contributed by atoms with E-state index in [-0.39, 0.29) is 11.1 Å². The summed E-state index contributed by atoms with van der Waals surface area (Å²) in [6, 6.07) is 16.8. The molecule has 4 rings (SSSR count). The van der Waals surface area contributed by atoms with Gasteiger partial charge in [0.25, 0.3) is 16.9 Å². The summed E-state index contributed by atoms with van der Waals surface area (Å²) in [6.45, 7) is 3.79. The second-order valence-electron chi connectivity index (χ2n) is 7.61. The van der Waals surface area contributed by atoms with Crippen molar-refractivity contribution < 1.29 is 14.1 Å². The van der Waals surface area contributed by atoms with Crippen LogP contribution in [0, 0.1) is 13.8 Å². The molecule has 2 aromatic carbocycles. The molecule has 2 aromatic heterocycles. The van der Waals surface area contributed by atoms with Crippen LogP contribution in [-0.4, -0.2) is 40.3 Å². The zero-order chi connectivity index (χ0) is 22.8. The number of rotatable bonds is 4. The molecule has 0 fully saturated rings. The number of carbonyl (C=O) groups excluding carboxylic acids is 2. The van der Waals surface area contributed by atoms with Gasteiger partial charge in [-0.15, -0.1) is 0 Å². The monoisotopic (exact) mass is 446 g/mol. The smallest absolute Gasteiger partial charge is 0.285 e. The van der Waals surface area contributed by atoms with Gasteiger partial charge in [-0.05, 0) is 49.9 Å². The topological polar surface area (TPSA) is 88.3 Å². The quantitative estimate of drug-likeness (QED) is 0.415. The Morgan fingerprint density at radius 3 is 2.50 bits per heavy atom. The predicted molar refractivity (Wildman–Crippen MR) is 126 cm³/mol. The maximum absolute atomic E-state index is 13.3. The summed E-state index contributed by atoms with van der Waals surface area (Å²) in [5.74, 6) is -0.307. The molecule has 2 heterocycles. The van der Waals surface area contributed by atoms with Gasteiger partial charge in [-0.2, -0.15) is 0 Å². The van der Waals surface area contributed by atoms with Gasteiger partial charge < -0.3 is 14.7 Å². The highest BCUT2D eigenvalue weighted by Crippen LogP contribution is 2.29. The second-order valence-corrected chi connectivity index (χ2v) is 8.64. The van der Waals surface area contributed by atoms with Crippen molar-refractivity contribution in [3.8, 4) is 11.3 Å². The molecule has 0 aliphatic carbocycles. The Morgan fingerprint density at radius 1 is 1.03 bits per heavy atom. The summed E-state index contributed by atoms with van der Waals surface area (Å²) in [5, 5.41) is 7.40. The number of fused-ring (bicyclic) bond motifs is 1. The Balaban J connectivity index is 1.68. The Morgan fingerprint density at radius 2 is 1.78 bits per heavy atom. The fourth-order valence-electron chi connectivity index (χ4n) is 3.17. The van der Waals surface area contributed by atoms with Crippen LogP contribution in [0.3, 0.4) is 0 Å². The highest BCUT2D eigenvalue weighted by atomic mass is 32.2. The predicted octanol–water partition coefficient (Wildman–Crippen LogP) is 5.53. The first kappa shape index (κ1) is 21.6. The lowest BCUT2D eigenvalue weighted by Gasteiger charge is -2.11. The molecule has 8 heteroatoms. The Hall–Kier alpha value is -3.65. The molecule has 0 saturated carbocycles. The van der Waals surface area contributed by atoms with Crippen molar-refractivity contribution in [3.63, 3.8) is 0 Å². The van der Waals surface area contributed by atoms with Crippen LogP contribution in [-0.2, 0) is 0 Å². The molecule has 1 N–H and O–H groups in total. The van der Waals surface area contributed by atoms with E-state index in [0.29, 0.717) is 33.7 Å². The molecule has 162 valence electrons. The summed E-state index contributed by atoms with van der Waals surface area (Å²) in [5.41, 5.74) is 4.55. The van der Waals surface area contributed by atoms with Gasteiger partial charge in [-0.3, -0.25) is 9.59 Å². The number of carbonyl (C=O) groups is 2. The number of nitrogens with zero attached hydrogens (tertiary/aromatic N) is 3. The van der Waals surface area contributed by atoms with Gasteiger partial charge in [-0.25, -0.2) is 4.98 Å². The highest BCUT2D eigenvalue weighted by Gasteiger charge is 2.20. The Kier molecular flexibility index (Phi) is 5.96. The van der Waals surface area contributed by atoms with E-state index in [1.54, 1.807) is 45.3 Å². The maximum Gasteiger partial charge on any atom is 0.285 e. The lowest BCUT2D eigenvalue weighted by molar-refractivity contribution is 0.102. The van der Waals surface area contributed by atoms with Gasteiger partial charge in [0.2, 0.25) is 0 Å². The standard InChI is InChI=1S/C24H22N4O3S/c1-14-8-10-16(11-9-14)20-13-19(21-15(2)27-31-23(21)26-20)22(29)25-17-6-5-7-18(12-17)32-24(30)28(3)4/h5-13H,1-4H3,(H,25,29). The van der Waals surface area contributed by atoms with E-state index in [1.807, 2.05) is 37.3 Å². The first-order valence-electron chi connectivity index (χ1n) is 9.96. The SMILES string of the molecule is Cc1ccc(-c2cc(C(=O)Nc3cccc(SC(=O)N(C)C)c3)c3c(C)noc3n2)cc1. The van der Waals surface area contributed by atoms with E-state index in [9.17, 15) is 9.59 Å². The van der Waals surface area contributed by atoms with E-state index < -0.39 is 0 Å². The summed E-state index contributed by atoms with van der Waals surface area (Å²) < 4.78 is 5.37. The van der Waals surface area contributed by atoms with Crippen molar-refractivity contribution in [2.45, 2.75) is 18.7 Å². The number of nitrogens with one attached hydrogen (secondary N) is 1. The third-order valence-corrected chi connectivity index (χ3v) is 5.90. The van der Waals surface area contributed by atoms with Crippen molar-refractivity contribution in [3.05, 3.63) is 71.4 Å². The number of anilines is 1. The number of pyridine rings is 1. The summed E-state index contributed by atoms with van der Waals surface area (Å²) in [4.78, 5) is 32.1. The summed E-state index contributed by atoms with van der Waals surface area (Å²) in [6.07, 6.45) is 0. The van der Waals surface area contributed by atoms with Gasteiger partial charge in [0, 0.05) is 30.2 Å². The second kappa shape index (κ2) is 8.84. The van der Waals surface area contributed by atoms with Crippen molar-refractivity contribution in [1.82, 2.24) is 15.0 Å². The number of aromatic nitrogens is 2. The third-order valence-electron chi connectivity index (χ3n) is 4.87. The lowest BCUT2D eigenvalue weighted by Crippen LogP contribution is -2.16. The molecule has 0 aliphatic heterocycles. The Bertz CT molecular complexity index is 1310. The van der Waals surface area contributed by atoms with E-state index in [0.717, 1.165) is 27.8 Å². The van der Waals surface area contributed by atoms with Crippen LogP contribution in [0.25, 0.3) is 22.4 Å². The lowest BCUT2D eigenvalue weighted by atomic mass is 10.0. The number of hydrogen-bond acceptors (Lipinski definition) is 6. The first-order valence-corrected chi connectivity index (χ1v) is 10.8. The van der Waals surface area contributed by atoms with Crippen LogP contribution in [0.2, 0.25) is 0 Å². The number of aryl methyl sites for hydroxylation is 2. The van der Waals surface area contributed by atoms with Crippen LogP contribution in [0.1, 0.15) is 21.6 Å². The molecule has 32 heavy (non-hydrogen) atoms. The van der Waals surface area contributed by atoms with Gasteiger partial charge in [-0.1, -0.05) is 41.1 Å². The highest BCUT2D eigenvalue weighted by molar-refractivity contribution is 8.13. The maximum atomic E-state index is 13.3. The van der Waals surface area contributed by atoms with Gasteiger partial charge >= 0.3 is 0 Å². The fraction of sp³-hybridized carbons (Fsp3) is 0.167. The molecule has 0 aliphatic rings. The summed E-state index contributed by atoms with van der Waals surface area (Å²) >= 11 is 1.10. The zero-order valence-corrected chi connectivity index (χ0v) is 19.0. The molecular weight excluding hydrogens is 424 g/mol. The molecule has 0 saturated heterocycles. The van der Waals surface area contributed by atoms with Crippen molar-refractivity contribution in [1.29, 1.82) is 0 Å². The van der Waals surface area contributed by atoms with Crippen molar-refractivity contribution in [2.24, 2.45) is 0 Å². The molecular formula is C24H22N4O3S. The van der Waals surface area contributed by atoms with Gasteiger partial charge in [0.15, 0.2) is 0 Å². The minimum Gasteiger partial charge on any atom is -0.339 e. The van der Waals surface area contributed by atoms with Crippen LogP contribution >= 0.6 is 11.8 Å². The normalized spacial score (nSPS) is 10.9. The minimum atomic E-state index is -0.307. The van der Waals surface area contributed by atoms with E-state index in [1.165, 1.54) is 4.90 Å². The third kappa shape index (κ3) is 4.50. The molecule has 2 amide bonds. The average molecular weight is 447 g/mol. The van der Waals surface area contributed by atoms with Crippen molar-refractivity contribution in [2.75, 3.05) is 19.4 Å². The number of amides is 2. The largest absolute Gasteiger partial charge is 0.339 e. The van der Waals surface area contributed by atoms with E-state index in [2.05, 4.69) is 15.5 Å². The van der Waals surface area contributed by atoms with Crippen LogP contribution < -0.4 is 5.32 Å². The minimum absolute atomic E-state index is 0.0906. The molecule has 7 nitrogen and oxygen atoms in total. The average Bonchev–Trinajstić information content (AvgIpc) is 3.14. The van der Waals surface area contributed by atoms with Crippen LogP contribution in [0.15, 0.2) is 64.0 Å². The number of hydrogen-bond donors (Lipinski definition) is 1. The van der Waals surface area contributed by atoms with E-state index >= 15 is 0 Å². The van der Waals surface area contributed by atoms with Gasteiger partial charge in [0.05, 0.1) is 22.3 Å². The Labute approximate surface area is 189 Å². The van der Waals surface area contributed by atoms with E-state index in [4.69, 9.17) is 4.52 Å². The molecule has 0 radical (unpaired) electrons. The van der Waals surface area contributed by atoms with Crippen LogP contribution in [0.4, 0.5) is 10.5 Å². The number of thioether (sulfide) groups is 1. The molecule has 0 unspecified atom stereocenters. The zero-order valence-electron chi connectivity index (χ0n) is 18.2. The number of benzene rings is 2. The molecule has 4 aromatic rings. The molecule has 0 spiro atoms. The molecule has 0 bridgehead atoms. The van der Waals surface area contributed by atoms with Gasteiger partial charge in [0.1, 0.15) is 0 Å². The summed E-state index contributed by atoms with van der Waals surface area (Å²) in [7, 11) is 3.39. The van der Waals surface area contributed by atoms with Crippen LogP contribution in [0.5, 0.6) is 0 Å². The fourth-order valence-corrected chi connectivity index (χ4v) is 3.89. The molecule has 0 atom stereocenters. The first-order chi connectivity index (χ1) is 15.3. The van der Waals surface area contributed by atoms with Crippen molar-refractivity contribution >= 4 is 39.7 Å².